The van der Waals surface area contributed by atoms with Gasteiger partial charge in [-0.1, -0.05) is 13.0 Å². The second kappa shape index (κ2) is 7.78. The number of aliphatic hydroxyl groups excluding tert-OH is 1. The number of rotatable bonds is 5. The lowest BCUT2D eigenvalue weighted by Gasteiger charge is -2.14. The summed E-state index contributed by atoms with van der Waals surface area (Å²) in [5, 5.41) is 14.4. The van der Waals surface area contributed by atoms with E-state index in [0.717, 1.165) is 11.1 Å². The molecule has 3 N–H and O–H groups in total. The van der Waals surface area contributed by atoms with Crippen molar-refractivity contribution in [2.75, 3.05) is 11.9 Å². The van der Waals surface area contributed by atoms with E-state index < -0.39 is 17.9 Å². The average molecular weight is 292 g/mol. The van der Waals surface area contributed by atoms with E-state index in [1.165, 1.54) is 0 Å². The molecule has 116 valence electrons. The largest absolute Gasteiger partial charge is 0.393 e. The monoisotopic (exact) mass is 292 g/mol. The highest BCUT2D eigenvalue weighted by molar-refractivity contribution is 6.39. The highest BCUT2D eigenvalue weighted by atomic mass is 16.3. The molecule has 0 heterocycles. The van der Waals surface area contributed by atoms with Gasteiger partial charge in [0.2, 0.25) is 0 Å². The van der Waals surface area contributed by atoms with Crippen LogP contribution in [-0.2, 0) is 9.59 Å². The fraction of sp³-hybridized carbons (Fsp3) is 0.500. The summed E-state index contributed by atoms with van der Waals surface area (Å²) >= 11 is 0. The van der Waals surface area contributed by atoms with Crippen LogP contribution in [0.3, 0.4) is 0 Å². The van der Waals surface area contributed by atoms with E-state index in [-0.39, 0.29) is 5.92 Å². The summed E-state index contributed by atoms with van der Waals surface area (Å²) in [5.74, 6) is -1.23. The predicted molar refractivity (Wildman–Crippen MR) is 83.0 cm³/mol. The molecule has 5 heteroatoms. The third kappa shape index (κ3) is 5.95. The first-order valence-electron chi connectivity index (χ1n) is 7.14. The number of hydrogen-bond donors (Lipinski definition) is 3. The second-order valence-corrected chi connectivity index (χ2v) is 5.65. The zero-order valence-electron chi connectivity index (χ0n) is 13.1. The number of anilines is 1. The summed E-state index contributed by atoms with van der Waals surface area (Å²) in [6.07, 6.45) is 0.167. The molecule has 0 aliphatic carbocycles. The lowest BCUT2D eigenvalue weighted by molar-refractivity contribution is -0.136. The fourth-order valence-electron chi connectivity index (χ4n) is 2.02. The minimum absolute atomic E-state index is 0.114. The van der Waals surface area contributed by atoms with Crippen LogP contribution in [0, 0.1) is 19.8 Å². The Morgan fingerprint density at radius 2 is 1.81 bits per heavy atom. The van der Waals surface area contributed by atoms with Gasteiger partial charge in [-0.2, -0.15) is 0 Å². The second-order valence-electron chi connectivity index (χ2n) is 5.65. The molecule has 0 radical (unpaired) electrons. The smallest absolute Gasteiger partial charge is 0.313 e. The molecule has 0 fully saturated rings. The summed E-state index contributed by atoms with van der Waals surface area (Å²) in [4.78, 5) is 23.5. The Bertz CT molecular complexity index is 512. The van der Waals surface area contributed by atoms with Crippen LogP contribution < -0.4 is 10.6 Å². The molecule has 0 spiro atoms. The highest BCUT2D eigenvalue weighted by Crippen LogP contribution is 2.13. The van der Waals surface area contributed by atoms with Gasteiger partial charge in [0.05, 0.1) is 6.10 Å². The number of nitrogens with one attached hydrogen (secondary N) is 2. The Hall–Kier alpha value is -1.88. The molecule has 2 unspecified atom stereocenters. The maximum absolute atomic E-state index is 11.8. The Morgan fingerprint density at radius 1 is 1.14 bits per heavy atom. The van der Waals surface area contributed by atoms with Crippen LogP contribution in [-0.4, -0.2) is 29.6 Å². The first-order valence-corrected chi connectivity index (χ1v) is 7.14. The van der Waals surface area contributed by atoms with Crippen molar-refractivity contribution in [1.29, 1.82) is 0 Å². The van der Waals surface area contributed by atoms with Gasteiger partial charge in [-0.15, -0.1) is 0 Å². The topological polar surface area (TPSA) is 78.4 Å². The predicted octanol–water partition coefficient (Wildman–Crippen LogP) is 1.77. The zero-order valence-corrected chi connectivity index (χ0v) is 13.1. The Labute approximate surface area is 125 Å². The van der Waals surface area contributed by atoms with Crippen molar-refractivity contribution in [3.63, 3.8) is 0 Å². The molecule has 1 rings (SSSR count). The summed E-state index contributed by atoms with van der Waals surface area (Å²) < 4.78 is 0. The van der Waals surface area contributed by atoms with Crippen LogP contribution in [0.1, 0.15) is 31.4 Å². The lowest BCUT2D eigenvalue weighted by atomic mass is 10.0. The Morgan fingerprint density at radius 3 is 2.38 bits per heavy atom. The van der Waals surface area contributed by atoms with Gasteiger partial charge in [-0.3, -0.25) is 9.59 Å². The molecule has 0 bridgehead atoms. The molecule has 0 saturated heterocycles. The van der Waals surface area contributed by atoms with E-state index in [1.54, 1.807) is 13.0 Å². The van der Waals surface area contributed by atoms with E-state index in [9.17, 15) is 14.7 Å². The molecule has 0 aromatic heterocycles. The van der Waals surface area contributed by atoms with Crippen molar-refractivity contribution in [3.8, 4) is 0 Å². The molecule has 1 aromatic rings. The van der Waals surface area contributed by atoms with Crippen molar-refractivity contribution >= 4 is 17.5 Å². The molecular weight excluding hydrogens is 268 g/mol. The third-order valence-electron chi connectivity index (χ3n) is 3.33. The standard InChI is InChI=1S/C16H24N2O3/c1-10(7-13(4)19)9-17-15(20)16(21)18-14-6-5-11(2)12(3)8-14/h5-6,8,10,13,19H,7,9H2,1-4H3,(H,17,20)(H,18,21). The Kier molecular flexibility index (Phi) is 6.37. The van der Waals surface area contributed by atoms with Gasteiger partial charge in [0.1, 0.15) is 0 Å². The first-order chi connectivity index (χ1) is 9.79. The summed E-state index contributed by atoms with van der Waals surface area (Å²) in [5.41, 5.74) is 2.79. The average Bonchev–Trinajstić information content (AvgIpc) is 2.39. The van der Waals surface area contributed by atoms with Gasteiger partial charge in [0.15, 0.2) is 0 Å². The van der Waals surface area contributed by atoms with Crippen LogP contribution in [0.2, 0.25) is 0 Å². The van der Waals surface area contributed by atoms with Gasteiger partial charge < -0.3 is 15.7 Å². The van der Waals surface area contributed by atoms with Gasteiger partial charge in [0.25, 0.3) is 0 Å². The molecule has 0 saturated carbocycles. The van der Waals surface area contributed by atoms with Crippen LogP contribution >= 0.6 is 0 Å². The SMILES string of the molecule is Cc1ccc(NC(=O)C(=O)NCC(C)CC(C)O)cc1C. The zero-order chi connectivity index (χ0) is 16.0. The van der Waals surface area contributed by atoms with Crippen molar-refractivity contribution in [1.82, 2.24) is 5.32 Å². The maximum atomic E-state index is 11.8. The van der Waals surface area contributed by atoms with Crippen molar-refractivity contribution < 1.29 is 14.7 Å². The number of aryl methyl sites for hydroxylation is 2. The first kappa shape index (κ1) is 17.2. The summed E-state index contributed by atoms with van der Waals surface area (Å²) in [7, 11) is 0. The molecule has 0 aliphatic heterocycles. The van der Waals surface area contributed by atoms with E-state index in [2.05, 4.69) is 10.6 Å². The van der Waals surface area contributed by atoms with E-state index in [1.807, 2.05) is 32.9 Å². The van der Waals surface area contributed by atoms with Crippen LogP contribution in [0.5, 0.6) is 0 Å². The number of amides is 2. The van der Waals surface area contributed by atoms with E-state index >= 15 is 0 Å². The quantitative estimate of drug-likeness (QED) is 0.724. The molecule has 0 aliphatic rings. The molecule has 21 heavy (non-hydrogen) atoms. The van der Waals surface area contributed by atoms with E-state index in [0.29, 0.717) is 18.7 Å². The van der Waals surface area contributed by atoms with Crippen molar-refractivity contribution in [2.45, 2.75) is 40.2 Å². The van der Waals surface area contributed by atoms with Gasteiger partial charge >= 0.3 is 11.8 Å². The Balaban J connectivity index is 2.47. The molecule has 1 aromatic carbocycles. The molecule has 2 amide bonds. The fourth-order valence-corrected chi connectivity index (χ4v) is 2.02. The molecule has 5 nitrogen and oxygen atoms in total. The summed E-state index contributed by atoms with van der Waals surface area (Å²) in [6, 6.07) is 5.49. The van der Waals surface area contributed by atoms with Crippen molar-refractivity contribution in [3.05, 3.63) is 29.3 Å². The van der Waals surface area contributed by atoms with Gasteiger partial charge in [-0.25, -0.2) is 0 Å². The highest BCUT2D eigenvalue weighted by Gasteiger charge is 2.15. The maximum Gasteiger partial charge on any atom is 0.313 e. The number of carbonyl (C=O) groups excluding carboxylic acids is 2. The lowest BCUT2D eigenvalue weighted by Crippen LogP contribution is -2.38. The van der Waals surface area contributed by atoms with Gasteiger partial charge in [-0.05, 0) is 56.4 Å². The minimum atomic E-state index is -0.678. The van der Waals surface area contributed by atoms with Crippen molar-refractivity contribution in [2.24, 2.45) is 5.92 Å². The molecular formula is C16H24N2O3. The van der Waals surface area contributed by atoms with Crippen LogP contribution in [0.4, 0.5) is 5.69 Å². The number of carbonyl (C=O) groups is 2. The minimum Gasteiger partial charge on any atom is -0.393 e. The van der Waals surface area contributed by atoms with E-state index in [4.69, 9.17) is 0 Å². The molecule has 2 atom stereocenters. The van der Waals surface area contributed by atoms with Crippen LogP contribution in [0.15, 0.2) is 18.2 Å². The summed E-state index contributed by atoms with van der Waals surface area (Å²) in [6.45, 7) is 7.91. The number of benzene rings is 1. The third-order valence-corrected chi connectivity index (χ3v) is 3.33. The number of aliphatic hydroxyl groups is 1. The van der Waals surface area contributed by atoms with Gasteiger partial charge in [0, 0.05) is 12.2 Å². The number of hydrogen-bond acceptors (Lipinski definition) is 3. The van der Waals surface area contributed by atoms with Crippen LogP contribution in [0.25, 0.3) is 0 Å². The normalized spacial score (nSPS) is 13.4.